The fourth-order valence-electron chi connectivity index (χ4n) is 2.34. The Kier molecular flexibility index (Phi) is 15.9. The van der Waals surface area contributed by atoms with Gasteiger partial charge in [0.15, 0.2) is 0 Å². The van der Waals surface area contributed by atoms with Crippen LogP contribution in [0.1, 0.15) is 25.7 Å². The molecule has 13 heteroatoms. The summed E-state index contributed by atoms with van der Waals surface area (Å²) < 4.78 is 0. The summed E-state index contributed by atoms with van der Waals surface area (Å²) in [7, 11) is 0. The van der Waals surface area contributed by atoms with Gasteiger partial charge in [-0.1, -0.05) is 0 Å². The third-order valence-electron chi connectivity index (χ3n) is 4.16. The van der Waals surface area contributed by atoms with Crippen LogP contribution in [0.2, 0.25) is 0 Å². The van der Waals surface area contributed by atoms with E-state index in [2.05, 4.69) is 41.2 Å². The summed E-state index contributed by atoms with van der Waals surface area (Å²) in [5.41, 5.74) is 11.3. The number of nitrogens with one attached hydrogen (secondary N) is 3. The second kappa shape index (κ2) is 16.5. The molecule has 0 aromatic carbocycles. The quantitative estimate of drug-likeness (QED) is 0.0975. The van der Waals surface area contributed by atoms with Crippen molar-refractivity contribution in [3.05, 3.63) is 0 Å². The van der Waals surface area contributed by atoms with Crippen molar-refractivity contribution in [3.8, 4) is 0 Å². The Labute approximate surface area is 192 Å². The van der Waals surface area contributed by atoms with Crippen LogP contribution in [0.5, 0.6) is 0 Å². The number of thioether (sulfide) groups is 1. The van der Waals surface area contributed by atoms with Crippen LogP contribution >= 0.6 is 37.0 Å². The fourth-order valence-corrected chi connectivity index (χ4v) is 3.33. The van der Waals surface area contributed by atoms with Gasteiger partial charge < -0.3 is 32.5 Å². The maximum Gasteiger partial charge on any atom is 0.327 e. The predicted octanol–water partition coefficient (Wildman–Crippen LogP) is -1.41. The number of hydrogen-bond acceptors (Lipinski definition) is 9. The third-order valence-corrected chi connectivity index (χ3v) is 5.54. The Hall–Kier alpha value is -1.15. The maximum atomic E-state index is 12.6. The Morgan fingerprint density at radius 3 is 1.93 bits per heavy atom. The number of carbonyl (C=O) groups is 4. The van der Waals surface area contributed by atoms with E-state index in [1.165, 1.54) is 0 Å². The summed E-state index contributed by atoms with van der Waals surface area (Å²) in [5, 5.41) is 16.6. The number of carboxylic acids is 1. The van der Waals surface area contributed by atoms with Gasteiger partial charge in [0, 0.05) is 11.5 Å². The fraction of sp³-hybridized carbons (Fsp3) is 0.765. The highest BCUT2D eigenvalue weighted by Crippen LogP contribution is 2.04. The van der Waals surface area contributed by atoms with Crippen LogP contribution in [0.3, 0.4) is 0 Å². The maximum absolute atomic E-state index is 12.6. The minimum absolute atomic E-state index is 0.00164. The lowest BCUT2D eigenvalue weighted by Gasteiger charge is -2.24. The summed E-state index contributed by atoms with van der Waals surface area (Å²) in [6, 6.07) is -3.94. The number of unbranched alkanes of at least 4 members (excludes halogenated alkanes) is 1. The van der Waals surface area contributed by atoms with E-state index >= 15 is 0 Å². The molecule has 0 aliphatic heterocycles. The molecule has 0 aromatic heterocycles. The topological polar surface area (TPSA) is 177 Å². The van der Waals surface area contributed by atoms with Gasteiger partial charge in [-0.3, -0.25) is 14.4 Å². The van der Waals surface area contributed by atoms with Crippen molar-refractivity contribution >= 4 is 60.7 Å². The van der Waals surface area contributed by atoms with Crippen LogP contribution in [-0.2, 0) is 19.2 Å². The van der Waals surface area contributed by atoms with Crippen LogP contribution in [0.25, 0.3) is 0 Å². The van der Waals surface area contributed by atoms with Crippen molar-refractivity contribution in [2.45, 2.75) is 49.9 Å². The number of thiol groups is 2. The minimum Gasteiger partial charge on any atom is -0.480 e. The molecule has 8 N–H and O–H groups in total. The number of rotatable bonds is 16. The van der Waals surface area contributed by atoms with E-state index in [0.717, 1.165) is 0 Å². The summed E-state index contributed by atoms with van der Waals surface area (Å²) in [4.78, 5) is 48.5. The number of carbonyl (C=O) groups excluding carboxylic acids is 3. The van der Waals surface area contributed by atoms with Crippen LogP contribution in [0, 0.1) is 0 Å². The summed E-state index contributed by atoms with van der Waals surface area (Å²) in [6.45, 7) is 0.417. The largest absolute Gasteiger partial charge is 0.480 e. The van der Waals surface area contributed by atoms with Crippen LogP contribution < -0.4 is 27.4 Å². The van der Waals surface area contributed by atoms with Crippen LogP contribution in [0.4, 0.5) is 0 Å². The smallest absolute Gasteiger partial charge is 0.327 e. The van der Waals surface area contributed by atoms with Crippen molar-refractivity contribution in [3.63, 3.8) is 0 Å². The zero-order valence-electron chi connectivity index (χ0n) is 17.0. The van der Waals surface area contributed by atoms with E-state index in [1.54, 1.807) is 11.8 Å². The van der Waals surface area contributed by atoms with Gasteiger partial charge in [-0.05, 0) is 44.2 Å². The molecule has 0 aromatic rings. The van der Waals surface area contributed by atoms with E-state index in [4.69, 9.17) is 16.6 Å². The SMILES string of the molecule is CSCCC(N)C(=O)NC(CS)C(=O)NC(CCCCN)C(=O)NC(CS)C(=O)O. The first-order valence-electron chi connectivity index (χ1n) is 9.51. The molecular formula is C17H33N5O5S3. The molecule has 0 aliphatic rings. The zero-order valence-corrected chi connectivity index (χ0v) is 19.6. The molecule has 0 saturated carbocycles. The van der Waals surface area contributed by atoms with Gasteiger partial charge >= 0.3 is 5.97 Å². The molecule has 0 heterocycles. The van der Waals surface area contributed by atoms with E-state index in [0.29, 0.717) is 31.6 Å². The third kappa shape index (κ3) is 11.3. The lowest BCUT2D eigenvalue weighted by atomic mass is 10.1. The molecule has 0 rings (SSSR count). The first-order chi connectivity index (χ1) is 14.2. The monoisotopic (exact) mass is 483 g/mol. The van der Waals surface area contributed by atoms with Gasteiger partial charge in [0.05, 0.1) is 6.04 Å². The lowest BCUT2D eigenvalue weighted by Crippen LogP contribution is -2.57. The minimum atomic E-state index is -1.23. The first-order valence-corrected chi connectivity index (χ1v) is 12.2. The van der Waals surface area contributed by atoms with Gasteiger partial charge in [-0.15, -0.1) is 0 Å². The van der Waals surface area contributed by atoms with E-state index < -0.39 is 47.9 Å². The molecule has 4 unspecified atom stereocenters. The van der Waals surface area contributed by atoms with E-state index in [9.17, 15) is 19.2 Å². The number of carboxylic acid groups (broad SMARTS) is 1. The van der Waals surface area contributed by atoms with Gasteiger partial charge in [-0.2, -0.15) is 37.0 Å². The number of amides is 3. The normalized spacial score (nSPS) is 14.8. The average molecular weight is 484 g/mol. The molecule has 4 atom stereocenters. The van der Waals surface area contributed by atoms with Gasteiger partial charge in [0.2, 0.25) is 17.7 Å². The summed E-state index contributed by atoms with van der Waals surface area (Å²) in [5.74, 6) is -2.38. The molecule has 0 fully saturated rings. The molecule has 0 bridgehead atoms. The summed E-state index contributed by atoms with van der Waals surface area (Å²) >= 11 is 9.57. The van der Waals surface area contributed by atoms with Crippen LogP contribution in [-0.4, -0.2) is 83.0 Å². The first kappa shape index (κ1) is 28.9. The number of aliphatic carboxylic acids is 1. The van der Waals surface area contributed by atoms with Crippen molar-refractivity contribution in [2.24, 2.45) is 11.5 Å². The molecular weight excluding hydrogens is 450 g/mol. The molecule has 3 amide bonds. The average Bonchev–Trinajstić information content (AvgIpc) is 2.72. The molecule has 174 valence electrons. The second-order valence-electron chi connectivity index (χ2n) is 6.56. The lowest BCUT2D eigenvalue weighted by molar-refractivity contribution is -0.141. The molecule has 0 spiro atoms. The Bertz CT molecular complexity index is 570. The highest BCUT2D eigenvalue weighted by Gasteiger charge is 2.29. The number of nitrogens with two attached hydrogens (primary N) is 2. The standard InChI is InChI=1S/C17H33N5O5S3/c1-30-7-5-10(19)14(23)21-12(8-28)16(25)20-11(4-2-3-6-18)15(24)22-13(9-29)17(26)27/h10-13,28-29H,2-9,18-19H2,1H3,(H,20,25)(H,21,23)(H,22,24)(H,26,27). The van der Waals surface area contributed by atoms with Crippen molar-refractivity contribution < 1.29 is 24.3 Å². The van der Waals surface area contributed by atoms with Crippen LogP contribution in [0.15, 0.2) is 0 Å². The Morgan fingerprint density at radius 1 is 0.900 bits per heavy atom. The highest BCUT2D eigenvalue weighted by molar-refractivity contribution is 7.98. The van der Waals surface area contributed by atoms with Gasteiger partial charge in [0.1, 0.15) is 18.1 Å². The number of hydrogen-bond donors (Lipinski definition) is 8. The molecule has 30 heavy (non-hydrogen) atoms. The second-order valence-corrected chi connectivity index (χ2v) is 8.28. The Balaban J connectivity index is 5.10. The van der Waals surface area contributed by atoms with Gasteiger partial charge in [-0.25, -0.2) is 4.79 Å². The Morgan fingerprint density at radius 2 is 1.43 bits per heavy atom. The van der Waals surface area contributed by atoms with E-state index in [-0.39, 0.29) is 17.9 Å². The molecule has 0 radical (unpaired) electrons. The molecule has 0 aliphatic carbocycles. The van der Waals surface area contributed by atoms with Gasteiger partial charge in [0.25, 0.3) is 0 Å². The van der Waals surface area contributed by atoms with E-state index in [1.807, 2.05) is 6.26 Å². The summed E-state index contributed by atoms with van der Waals surface area (Å²) in [6.07, 6.45) is 3.79. The van der Waals surface area contributed by atoms with Crippen molar-refractivity contribution in [1.29, 1.82) is 0 Å². The highest BCUT2D eigenvalue weighted by atomic mass is 32.2. The van der Waals surface area contributed by atoms with Crippen molar-refractivity contribution in [1.82, 2.24) is 16.0 Å². The zero-order chi connectivity index (χ0) is 23.1. The van der Waals surface area contributed by atoms with Crippen molar-refractivity contribution in [2.75, 3.05) is 30.1 Å². The molecule has 10 nitrogen and oxygen atoms in total. The predicted molar refractivity (Wildman–Crippen MR) is 125 cm³/mol. The molecule has 0 saturated heterocycles.